The Morgan fingerprint density at radius 2 is 1.45 bits per heavy atom. The van der Waals surface area contributed by atoms with Gasteiger partial charge in [-0.3, -0.25) is 0 Å². The first-order chi connectivity index (χ1) is 13.5. The lowest BCUT2D eigenvalue weighted by Gasteiger charge is -2.70. The third-order valence-electron chi connectivity index (χ3n) is 12.7. The molecule has 4 fully saturated rings. The van der Waals surface area contributed by atoms with E-state index in [0.717, 1.165) is 17.8 Å². The fourth-order valence-electron chi connectivity index (χ4n) is 11.0. The van der Waals surface area contributed by atoms with Gasteiger partial charge in [0.15, 0.2) is 0 Å². The highest BCUT2D eigenvalue weighted by Gasteiger charge is 2.66. The lowest BCUT2D eigenvalue weighted by Crippen LogP contribution is -2.62. The maximum absolute atomic E-state index is 2.77. The molecule has 0 spiro atoms. The van der Waals surface area contributed by atoms with Crippen molar-refractivity contribution in [3.8, 4) is 0 Å². The van der Waals surface area contributed by atoms with Crippen molar-refractivity contribution in [3.63, 3.8) is 0 Å². The Labute approximate surface area is 181 Å². The van der Waals surface area contributed by atoms with E-state index in [9.17, 15) is 0 Å². The molecule has 0 nitrogen and oxygen atoms in total. The van der Waals surface area contributed by atoms with Crippen LogP contribution in [0.4, 0.5) is 0 Å². The van der Waals surface area contributed by atoms with Crippen molar-refractivity contribution in [1.82, 2.24) is 0 Å². The second-order valence-electron chi connectivity index (χ2n) is 13.8. The third kappa shape index (κ3) is 2.39. The van der Waals surface area contributed by atoms with E-state index in [4.69, 9.17) is 0 Å². The van der Waals surface area contributed by atoms with Crippen LogP contribution in [0.25, 0.3) is 0 Å². The van der Waals surface area contributed by atoms with Crippen molar-refractivity contribution in [2.24, 2.45) is 44.8 Å². The van der Waals surface area contributed by atoms with E-state index in [1.165, 1.54) is 77.0 Å². The topological polar surface area (TPSA) is 0 Å². The number of fused-ring (bicyclic) bond motifs is 6. The molecule has 0 amide bonds. The zero-order chi connectivity index (χ0) is 20.9. The molecule has 0 aliphatic heterocycles. The molecule has 5 rings (SSSR count). The fraction of sp³-hybridized carbons (Fsp3) is 0.931. The molecule has 0 aromatic carbocycles. The molecule has 7 atom stereocenters. The number of allylic oxidation sites excluding steroid dienone is 2. The highest BCUT2D eigenvalue weighted by atomic mass is 14.7. The van der Waals surface area contributed by atoms with Crippen LogP contribution < -0.4 is 0 Å². The van der Waals surface area contributed by atoms with Gasteiger partial charge < -0.3 is 0 Å². The first-order valence-electron chi connectivity index (χ1n) is 13.3. The second-order valence-corrected chi connectivity index (χ2v) is 13.8. The van der Waals surface area contributed by atoms with E-state index in [0.29, 0.717) is 27.1 Å². The molecule has 0 heterocycles. The minimum atomic E-state index is 0.475. The zero-order valence-electron chi connectivity index (χ0n) is 20.7. The van der Waals surface area contributed by atoms with Gasteiger partial charge in [-0.15, -0.1) is 0 Å². The quantitative estimate of drug-likeness (QED) is 0.388. The molecule has 0 aromatic rings. The maximum Gasteiger partial charge on any atom is -0.00566 e. The van der Waals surface area contributed by atoms with Crippen molar-refractivity contribution in [1.29, 1.82) is 0 Å². The van der Waals surface area contributed by atoms with Crippen LogP contribution in [-0.4, -0.2) is 0 Å². The van der Waals surface area contributed by atoms with E-state index in [2.05, 4.69) is 48.5 Å². The van der Waals surface area contributed by atoms with E-state index in [-0.39, 0.29) is 0 Å². The van der Waals surface area contributed by atoms with Gasteiger partial charge in [0.1, 0.15) is 0 Å². The molecule has 2 unspecified atom stereocenters. The average molecular weight is 397 g/mol. The van der Waals surface area contributed by atoms with Gasteiger partial charge in [-0.1, -0.05) is 72.5 Å². The van der Waals surface area contributed by atoms with Gasteiger partial charge in [0.2, 0.25) is 0 Å². The predicted octanol–water partition coefficient (Wildman–Crippen LogP) is 8.95. The highest BCUT2D eigenvalue weighted by Crippen LogP contribution is 2.75. The monoisotopic (exact) mass is 396 g/mol. The van der Waals surface area contributed by atoms with E-state index < -0.39 is 0 Å². The van der Waals surface area contributed by atoms with Gasteiger partial charge in [0, 0.05) is 0 Å². The Morgan fingerprint density at radius 3 is 2.17 bits per heavy atom. The van der Waals surface area contributed by atoms with Crippen molar-refractivity contribution < 1.29 is 0 Å². The van der Waals surface area contributed by atoms with E-state index in [1.807, 2.05) is 11.1 Å². The predicted molar refractivity (Wildman–Crippen MR) is 125 cm³/mol. The van der Waals surface area contributed by atoms with E-state index >= 15 is 0 Å². The third-order valence-corrected chi connectivity index (χ3v) is 12.7. The summed E-state index contributed by atoms with van der Waals surface area (Å²) in [7, 11) is 0. The molecule has 29 heavy (non-hydrogen) atoms. The second kappa shape index (κ2) is 6.16. The molecule has 0 saturated heterocycles. The van der Waals surface area contributed by atoms with Crippen molar-refractivity contribution in [2.45, 2.75) is 126 Å². The maximum atomic E-state index is 2.77. The smallest absolute Gasteiger partial charge is 0.00566 e. The Balaban J connectivity index is 1.59. The molecule has 164 valence electrons. The van der Waals surface area contributed by atoms with Crippen molar-refractivity contribution in [3.05, 3.63) is 11.1 Å². The van der Waals surface area contributed by atoms with Gasteiger partial charge in [0.25, 0.3) is 0 Å². The molecule has 0 aromatic heterocycles. The lowest BCUT2D eigenvalue weighted by molar-refractivity contribution is -0.179. The lowest BCUT2D eigenvalue weighted by atomic mass is 9.34. The summed E-state index contributed by atoms with van der Waals surface area (Å²) in [6, 6.07) is 0. The van der Waals surface area contributed by atoms with Crippen LogP contribution in [0.5, 0.6) is 0 Å². The van der Waals surface area contributed by atoms with Gasteiger partial charge in [-0.05, 0) is 109 Å². The molecule has 5 aliphatic rings. The van der Waals surface area contributed by atoms with Crippen LogP contribution in [0.3, 0.4) is 0 Å². The number of rotatable bonds is 1. The summed E-state index contributed by atoms with van der Waals surface area (Å²) in [4.78, 5) is 0. The number of hydrogen-bond acceptors (Lipinski definition) is 0. The molecule has 0 radical (unpaired) electrons. The van der Waals surface area contributed by atoms with Crippen LogP contribution >= 0.6 is 0 Å². The standard InChI is InChI=1S/C29H48/c1-8-20-10-11-21-22-12-13-24-27(5)16-9-15-25(2,3)23(27)14-17-29(24,7)28(22,6)19-18-26(20,21)4/h20,23-24H,8-19H2,1-7H3/t20-,23?,24?,26+,27-,28+,29+/m0/s1. The molecule has 0 N–H and O–H groups in total. The van der Waals surface area contributed by atoms with Crippen LogP contribution in [-0.2, 0) is 0 Å². The van der Waals surface area contributed by atoms with Gasteiger partial charge in [0.05, 0.1) is 0 Å². The minimum Gasteiger partial charge on any atom is -0.0651 e. The molecule has 0 bridgehead atoms. The molecular weight excluding hydrogens is 348 g/mol. The summed E-state index contributed by atoms with van der Waals surface area (Å²) in [6.07, 6.45) is 17.5. The Hall–Kier alpha value is -0.260. The Bertz CT molecular complexity index is 726. The van der Waals surface area contributed by atoms with E-state index in [1.54, 1.807) is 0 Å². The van der Waals surface area contributed by atoms with Crippen LogP contribution in [0.1, 0.15) is 126 Å². The van der Waals surface area contributed by atoms with Gasteiger partial charge in [-0.25, -0.2) is 0 Å². The summed E-state index contributed by atoms with van der Waals surface area (Å²) in [5.41, 5.74) is 6.63. The summed E-state index contributed by atoms with van der Waals surface area (Å²) in [5, 5.41) is 0. The first-order valence-corrected chi connectivity index (χ1v) is 13.3. The summed E-state index contributed by atoms with van der Waals surface area (Å²) in [5.74, 6) is 2.84. The summed E-state index contributed by atoms with van der Waals surface area (Å²) < 4.78 is 0. The summed E-state index contributed by atoms with van der Waals surface area (Å²) in [6.45, 7) is 18.6. The molecule has 5 aliphatic carbocycles. The fourth-order valence-corrected chi connectivity index (χ4v) is 11.0. The Morgan fingerprint density at radius 1 is 0.724 bits per heavy atom. The Kier molecular flexibility index (Phi) is 4.38. The number of hydrogen-bond donors (Lipinski definition) is 0. The minimum absolute atomic E-state index is 0.475. The van der Waals surface area contributed by atoms with Crippen molar-refractivity contribution in [2.75, 3.05) is 0 Å². The van der Waals surface area contributed by atoms with Gasteiger partial charge in [-0.2, -0.15) is 0 Å². The van der Waals surface area contributed by atoms with Crippen LogP contribution in [0.15, 0.2) is 11.1 Å². The average Bonchev–Trinajstić information content (AvgIpc) is 2.98. The highest BCUT2D eigenvalue weighted by molar-refractivity contribution is 5.38. The zero-order valence-corrected chi connectivity index (χ0v) is 20.7. The largest absolute Gasteiger partial charge is 0.0651 e. The van der Waals surface area contributed by atoms with Crippen LogP contribution in [0.2, 0.25) is 0 Å². The van der Waals surface area contributed by atoms with Crippen LogP contribution in [0, 0.1) is 44.8 Å². The molecular formula is C29H48. The van der Waals surface area contributed by atoms with Crippen molar-refractivity contribution >= 4 is 0 Å². The van der Waals surface area contributed by atoms with Gasteiger partial charge >= 0.3 is 0 Å². The summed E-state index contributed by atoms with van der Waals surface area (Å²) >= 11 is 0. The molecule has 4 saturated carbocycles. The SMILES string of the molecule is CC[C@H]1CCC2=C3CCC4[C@@]5(C)CCCC(C)(C)C5CC[C@@]4(C)[C@]3(C)CC[C@@]21C. The first kappa shape index (κ1) is 20.6. The molecule has 0 heteroatoms. The normalized spacial score (nSPS) is 53.7.